The molecule has 0 aliphatic carbocycles. The summed E-state index contributed by atoms with van der Waals surface area (Å²) in [4.78, 5) is 39.9. The molecule has 0 radical (unpaired) electrons. The lowest BCUT2D eigenvalue weighted by Gasteiger charge is -2.34. The van der Waals surface area contributed by atoms with Gasteiger partial charge in [0.1, 0.15) is 5.82 Å². The predicted molar refractivity (Wildman–Crippen MR) is 145 cm³/mol. The van der Waals surface area contributed by atoms with E-state index < -0.39 is 0 Å². The van der Waals surface area contributed by atoms with E-state index in [1.165, 1.54) is 5.56 Å². The van der Waals surface area contributed by atoms with Crippen LogP contribution in [0.4, 0.5) is 11.8 Å². The monoisotopic (exact) mass is 491 g/mol. The van der Waals surface area contributed by atoms with Crippen molar-refractivity contribution in [2.24, 2.45) is 0 Å². The van der Waals surface area contributed by atoms with Crippen LogP contribution < -0.4 is 15.8 Å². The third-order valence-electron chi connectivity index (χ3n) is 6.75. The number of amides is 1. The number of rotatable bonds is 7. The molecule has 0 spiro atoms. The fraction of sp³-hybridized carbons (Fsp3) is 0.481. The van der Waals surface area contributed by atoms with Crippen LogP contribution in [0.1, 0.15) is 50.9 Å². The van der Waals surface area contributed by atoms with E-state index >= 15 is 0 Å². The summed E-state index contributed by atoms with van der Waals surface area (Å²) in [6.07, 6.45) is 0. The SMILES string of the molecule is CC(=O)N1CCN(Cc2ccc([C@H](C)Nc3nc(N(C)C)c4ccc(=O)n(C(C)C)c4n3)cc2)CC1. The third kappa shape index (κ3) is 5.51. The van der Waals surface area contributed by atoms with E-state index in [-0.39, 0.29) is 23.6 Å². The molecule has 0 bridgehead atoms. The van der Waals surface area contributed by atoms with Crippen LogP contribution in [0.3, 0.4) is 0 Å². The number of nitrogens with one attached hydrogen (secondary N) is 1. The van der Waals surface area contributed by atoms with Gasteiger partial charge in [-0.3, -0.25) is 19.1 Å². The second-order valence-electron chi connectivity index (χ2n) is 10.0. The molecule has 1 aliphatic rings. The van der Waals surface area contributed by atoms with Crippen molar-refractivity contribution in [2.45, 2.75) is 46.3 Å². The summed E-state index contributed by atoms with van der Waals surface area (Å²) < 4.78 is 1.71. The molecule has 3 aromatic rings. The highest BCUT2D eigenvalue weighted by molar-refractivity contribution is 5.88. The number of fused-ring (bicyclic) bond motifs is 1. The van der Waals surface area contributed by atoms with Crippen molar-refractivity contribution in [1.82, 2.24) is 24.3 Å². The van der Waals surface area contributed by atoms with E-state index in [1.54, 1.807) is 23.6 Å². The second-order valence-corrected chi connectivity index (χ2v) is 10.0. The quantitative estimate of drug-likeness (QED) is 0.543. The Bertz CT molecular complexity index is 1280. The van der Waals surface area contributed by atoms with Crippen LogP contribution in [-0.4, -0.2) is 70.5 Å². The Morgan fingerprint density at radius 1 is 1.00 bits per heavy atom. The standard InChI is InChI=1S/C27H37N7O2/c1-18(2)34-24(36)12-11-23-25(31(5)6)29-27(30-26(23)34)28-19(3)22-9-7-21(8-10-22)17-32-13-15-33(16-14-32)20(4)35/h7-12,18-19H,13-17H2,1-6H3,(H,28,29,30)/t19-/m0/s1. The van der Waals surface area contributed by atoms with Gasteiger partial charge in [-0.1, -0.05) is 24.3 Å². The Morgan fingerprint density at radius 2 is 1.67 bits per heavy atom. The Balaban J connectivity index is 1.51. The lowest BCUT2D eigenvalue weighted by Crippen LogP contribution is -2.47. The molecule has 2 aromatic heterocycles. The van der Waals surface area contributed by atoms with E-state index in [9.17, 15) is 9.59 Å². The molecule has 192 valence electrons. The molecular formula is C27H37N7O2. The summed E-state index contributed by atoms with van der Waals surface area (Å²) in [5.41, 5.74) is 2.94. The molecule has 4 rings (SSSR count). The zero-order chi connectivity index (χ0) is 26.0. The van der Waals surface area contributed by atoms with Gasteiger partial charge >= 0.3 is 0 Å². The Labute approximate surface area is 212 Å². The smallest absolute Gasteiger partial charge is 0.252 e. The molecule has 1 aliphatic heterocycles. The third-order valence-corrected chi connectivity index (χ3v) is 6.75. The van der Waals surface area contributed by atoms with Crippen LogP contribution in [0.25, 0.3) is 11.0 Å². The largest absolute Gasteiger partial charge is 0.362 e. The first kappa shape index (κ1) is 25.6. The van der Waals surface area contributed by atoms with Gasteiger partial charge in [0.2, 0.25) is 11.9 Å². The topological polar surface area (TPSA) is 86.6 Å². The van der Waals surface area contributed by atoms with E-state index in [2.05, 4.69) is 41.4 Å². The van der Waals surface area contributed by atoms with E-state index in [0.29, 0.717) is 11.6 Å². The number of hydrogen-bond donors (Lipinski definition) is 1. The molecule has 1 aromatic carbocycles. The number of piperazine rings is 1. The van der Waals surface area contributed by atoms with E-state index in [1.807, 2.05) is 37.7 Å². The van der Waals surface area contributed by atoms with Gasteiger partial charge < -0.3 is 15.1 Å². The number of benzene rings is 1. The Hall–Kier alpha value is -3.46. The molecule has 1 amide bonds. The predicted octanol–water partition coefficient (Wildman–Crippen LogP) is 3.28. The molecule has 9 heteroatoms. The van der Waals surface area contributed by atoms with Crippen molar-refractivity contribution >= 4 is 28.7 Å². The van der Waals surface area contributed by atoms with Crippen LogP contribution in [0.2, 0.25) is 0 Å². The van der Waals surface area contributed by atoms with E-state index in [4.69, 9.17) is 9.97 Å². The number of pyridine rings is 1. The van der Waals surface area contributed by atoms with Crippen LogP contribution >= 0.6 is 0 Å². The first-order valence-electron chi connectivity index (χ1n) is 12.6. The van der Waals surface area contributed by atoms with Gasteiger partial charge in [-0.15, -0.1) is 0 Å². The summed E-state index contributed by atoms with van der Waals surface area (Å²) in [6, 6.07) is 11.9. The summed E-state index contributed by atoms with van der Waals surface area (Å²) in [6.45, 7) is 11.9. The summed E-state index contributed by atoms with van der Waals surface area (Å²) >= 11 is 0. The number of nitrogens with zero attached hydrogens (tertiary/aromatic N) is 6. The molecule has 1 saturated heterocycles. The maximum atomic E-state index is 12.6. The van der Waals surface area contributed by atoms with Gasteiger partial charge in [0.05, 0.1) is 11.4 Å². The highest BCUT2D eigenvalue weighted by Crippen LogP contribution is 2.26. The van der Waals surface area contributed by atoms with Crippen LogP contribution in [0, 0.1) is 0 Å². The minimum absolute atomic E-state index is 0.0191. The number of carbonyl (C=O) groups excluding carboxylic acids is 1. The molecule has 0 saturated carbocycles. The minimum Gasteiger partial charge on any atom is -0.362 e. The van der Waals surface area contributed by atoms with Gasteiger partial charge in [-0.2, -0.15) is 9.97 Å². The van der Waals surface area contributed by atoms with Gasteiger partial charge in [-0.25, -0.2) is 0 Å². The maximum absolute atomic E-state index is 12.6. The molecule has 1 atom stereocenters. The van der Waals surface area contributed by atoms with Crippen molar-refractivity contribution in [3.05, 3.63) is 57.9 Å². The zero-order valence-corrected chi connectivity index (χ0v) is 22.2. The lowest BCUT2D eigenvalue weighted by atomic mass is 10.1. The van der Waals surface area contributed by atoms with Crippen molar-refractivity contribution in [3.63, 3.8) is 0 Å². The van der Waals surface area contributed by atoms with Crippen molar-refractivity contribution < 1.29 is 4.79 Å². The number of aromatic nitrogens is 3. The Kier molecular flexibility index (Phi) is 7.59. The molecule has 1 fully saturated rings. The number of hydrogen-bond acceptors (Lipinski definition) is 7. The van der Waals surface area contributed by atoms with Gasteiger partial charge in [-0.05, 0) is 38.0 Å². The van der Waals surface area contributed by atoms with Crippen molar-refractivity contribution in [2.75, 3.05) is 50.5 Å². The highest BCUT2D eigenvalue weighted by Gasteiger charge is 2.19. The molecule has 0 unspecified atom stereocenters. The Morgan fingerprint density at radius 3 is 2.25 bits per heavy atom. The normalized spacial score (nSPS) is 15.4. The molecule has 1 N–H and O–H groups in total. The molecule has 36 heavy (non-hydrogen) atoms. The van der Waals surface area contributed by atoms with Crippen molar-refractivity contribution in [1.29, 1.82) is 0 Å². The van der Waals surface area contributed by atoms with Crippen LogP contribution in [-0.2, 0) is 11.3 Å². The minimum atomic E-state index is -0.0711. The lowest BCUT2D eigenvalue weighted by molar-refractivity contribution is -0.130. The van der Waals surface area contributed by atoms with Gasteiger partial charge in [0, 0.05) is 65.9 Å². The number of anilines is 2. The highest BCUT2D eigenvalue weighted by atomic mass is 16.2. The summed E-state index contributed by atoms with van der Waals surface area (Å²) in [5.74, 6) is 1.41. The number of carbonyl (C=O) groups is 1. The fourth-order valence-electron chi connectivity index (χ4n) is 4.69. The first-order chi connectivity index (χ1) is 17.1. The first-order valence-corrected chi connectivity index (χ1v) is 12.6. The molecule has 3 heterocycles. The van der Waals surface area contributed by atoms with Gasteiger partial charge in [0.25, 0.3) is 5.56 Å². The fourth-order valence-corrected chi connectivity index (χ4v) is 4.69. The van der Waals surface area contributed by atoms with Crippen LogP contribution in [0.5, 0.6) is 0 Å². The summed E-state index contributed by atoms with van der Waals surface area (Å²) in [5, 5.41) is 4.28. The average Bonchev–Trinajstić information content (AvgIpc) is 2.83. The van der Waals surface area contributed by atoms with E-state index in [0.717, 1.165) is 49.5 Å². The molecule has 9 nitrogen and oxygen atoms in total. The second kappa shape index (κ2) is 10.7. The molecular weight excluding hydrogens is 454 g/mol. The zero-order valence-electron chi connectivity index (χ0n) is 22.2. The average molecular weight is 492 g/mol. The van der Waals surface area contributed by atoms with Crippen molar-refractivity contribution in [3.8, 4) is 0 Å². The van der Waals surface area contributed by atoms with Gasteiger partial charge in [0.15, 0.2) is 5.65 Å². The maximum Gasteiger partial charge on any atom is 0.252 e. The van der Waals surface area contributed by atoms with Crippen LogP contribution in [0.15, 0.2) is 41.2 Å². The summed E-state index contributed by atoms with van der Waals surface area (Å²) in [7, 11) is 3.89.